The molecule has 18 heavy (non-hydrogen) atoms. The van der Waals surface area contributed by atoms with Gasteiger partial charge in [-0.15, -0.1) is 0 Å². The molecule has 0 fully saturated rings. The lowest BCUT2D eigenvalue weighted by atomic mass is 10.2. The Labute approximate surface area is 104 Å². The van der Waals surface area contributed by atoms with Crippen molar-refractivity contribution in [2.75, 3.05) is 24.7 Å². The van der Waals surface area contributed by atoms with Gasteiger partial charge in [-0.05, 0) is 6.07 Å². The molecule has 0 saturated heterocycles. The fourth-order valence-corrected chi connectivity index (χ4v) is 1.58. The molecule has 1 heterocycles. The molecule has 1 aromatic rings. The lowest BCUT2D eigenvalue weighted by Gasteiger charge is -2.07. The zero-order chi connectivity index (χ0) is 13.8. The molecule has 4 N–H and O–H groups in total. The average Bonchev–Trinajstić information content (AvgIpc) is 2.27. The normalized spacial score (nSPS) is 11.1. The number of nitrogens with two attached hydrogens (primary N) is 1. The molecule has 1 rings (SSSR count). The van der Waals surface area contributed by atoms with Crippen molar-refractivity contribution in [1.82, 2.24) is 10.3 Å². The second-order valence-electron chi connectivity index (χ2n) is 3.39. The molecule has 1 amide bonds. The summed E-state index contributed by atoms with van der Waals surface area (Å²) in [6, 6.07) is 1.20. The number of carbonyl (C=O) groups is 1. The predicted molar refractivity (Wildman–Crippen MR) is 64.0 cm³/mol. The van der Waals surface area contributed by atoms with Gasteiger partial charge in [-0.1, -0.05) is 0 Å². The van der Waals surface area contributed by atoms with Gasteiger partial charge in [0, 0.05) is 19.8 Å². The minimum atomic E-state index is -3.66. The number of nitrogens with one attached hydrogen (secondary N) is 2. The third-order valence-electron chi connectivity index (χ3n) is 2.04. The van der Waals surface area contributed by atoms with E-state index in [1.54, 1.807) is 0 Å². The van der Waals surface area contributed by atoms with Gasteiger partial charge in [0.25, 0.3) is 5.91 Å². The number of hydrogen-bond donors (Lipinski definition) is 3. The third kappa shape index (κ3) is 3.93. The largest absolute Gasteiger partial charge is 0.371 e. The molecule has 0 aliphatic carbocycles. The monoisotopic (exact) mass is 276 g/mol. The molecule has 0 radical (unpaired) electrons. The number of primary sulfonamides is 1. The summed E-state index contributed by atoms with van der Waals surface area (Å²) in [7, 11) is -2.19. The van der Waals surface area contributed by atoms with Gasteiger partial charge >= 0.3 is 0 Å². The van der Waals surface area contributed by atoms with E-state index < -0.39 is 27.5 Å². The van der Waals surface area contributed by atoms with Crippen LogP contribution in [0.15, 0.2) is 12.3 Å². The number of anilines is 1. The van der Waals surface area contributed by atoms with E-state index in [-0.39, 0.29) is 17.9 Å². The maximum Gasteiger partial charge on any atom is 0.254 e. The Kier molecular flexibility index (Phi) is 4.56. The Bertz CT molecular complexity index is 547. The summed E-state index contributed by atoms with van der Waals surface area (Å²) in [6.07, 6.45) is 1.27. The number of amides is 1. The summed E-state index contributed by atoms with van der Waals surface area (Å²) < 4.78 is 35.0. The number of hydrogen-bond acceptors (Lipinski definition) is 5. The molecule has 0 unspecified atom stereocenters. The molecule has 0 saturated carbocycles. The van der Waals surface area contributed by atoms with Crippen LogP contribution in [0.5, 0.6) is 0 Å². The first-order valence-corrected chi connectivity index (χ1v) is 6.67. The van der Waals surface area contributed by atoms with Gasteiger partial charge in [-0.25, -0.2) is 22.9 Å². The van der Waals surface area contributed by atoms with Crippen LogP contribution in [0.25, 0.3) is 0 Å². The maximum absolute atomic E-state index is 13.7. The number of aromatic nitrogens is 1. The Hall–Kier alpha value is -1.74. The number of halogens is 1. The van der Waals surface area contributed by atoms with Crippen LogP contribution in [-0.2, 0) is 10.0 Å². The van der Waals surface area contributed by atoms with Crippen molar-refractivity contribution in [2.45, 2.75) is 0 Å². The van der Waals surface area contributed by atoms with E-state index in [0.29, 0.717) is 0 Å². The molecule has 0 aliphatic rings. The van der Waals surface area contributed by atoms with Crippen molar-refractivity contribution in [2.24, 2.45) is 5.14 Å². The summed E-state index contributed by atoms with van der Waals surface area (Å²) >= 11 is 0. The SMILES string of the molecule is CNc1nccc(C(=O)NCCS(N)(=O)=O)c1F. The molecule has 0 aromatic carbocycles. The van der Waals surface area contributed by atoms with E-state index in [1.165, 1.54) is 19.3 Å². The van der Waals surface area contributed by atoms with E-state index in [2.05, 4.69) is 15.6 Å². The Morgan fingerprint density at radius 2 is 2.22 bits per heavy atom. The second kappa shape index (κ2) is 5.74. The highest BCUT2D eigenvalue weighted by molar-refractivity contribution is 7.89. The Balaban J connectivity index is 2.73. The van der Waals surface area contributed by atoms with Crippen LogP contribution >= 0.6 is 0 Å². The highest BCUT2D eigenvalue weighted by Gasteiger charge is 2.15. The van der Waals surface area contributed by atoms with E-state index in [0.717, 1.165) is 0 Å². The van der Waals surface area contributed by atoms with Gasteiger partial charge < -0.3 is 10.6 Å². The number of rotatable bonds is 5. The first-order chi connectivity index (χ1) is 8.35. The van der Waals surface area contributed by atoms with Crippen LogP contribution < -0.4 is 15.8 Å². The van der Waals surface area contributed by atoms with Crippen molar-refractivity contribution in [1.29, 1.82) is 0 Å². The van der Waals surface area contributed by atoms with E-state index in [4.69, 9.17) is 5.14 Å². The zero-order valence-corrected chi connectivity index (χ0v) is 10.4. The van der Waals surface area contributed by atoms with Crippen LogP contribution in [0.2, 0.25) is 0 Å². The molecule has 7 nitrogen and oxygen atoms in total. The maximum atomic E-state index is 13.7. The summed E-state index contributed by atoms with van der Waals surface area (Å²) in [5.41, 5.74) is -0.219. The molecule has 0 atom stereocenters. The fraction of sp³-hybridized carbons (Fsp3) is 0.333. The van der Waals surface area contributed by atoms with Crippen molar-refractivity contribution in [3.63, 3.8) is 0 Å². The quantitative estimate of drug-likeness (QED) is 0.656. The van der Waals surface area contributed by atoms with Crippen LogP contribution in [0.1, 0.15) is 10.4 Å². The second-order valence-corrected chi connectivity index (χ2v) is 5.13. The number of nitrogens with zero attached hydrogens (tertiary/aromatic N) is 1. The van der Waals surface area contributed by atoms with Gasteiger partial charge in [-0.2, -0.15) is 0 Å². The lowest BCUT2D eigenvalue weighted by molar-refractivity contribution is 0.0952. The molecule has 0 spiro atoms. The third-order valence-corrected chi connectivity index (χ3v) is 2.82. The molecular formula is C9H13FN4O3S. The highest BCUT2D eigenvalue weighted by atomic mass is 32.2. The zero-order valence-electron chi connectivity index (χ0n) is 9.60. The van der Waals surface area contributed by atoms with Gasteiger partial charge in [0.1, 0.15) is 0 Å². The topological polar surface area (TPSA) is 114 Å². The van der Waals surface area contributed by atoms with Gasteiger partial charge in [0.05, 0.1) is 11.3 Å². The molecular weight excluding hydrogens is 263 g/mol. The summed E-state index contributed by atoms with van der Waals surface area (Å²) in [6.45, 7) is -0.186. The van der Waals surface area contributed by atoms with Crippen molar-refractivity contribution >= 4 is 21.7 Å². The predicted octanol–water partition coefficient (Wildman–Crippen LogP) is -0.719. The number of sulfonamides is 1. The lowest BCUT2D eigenvalue weighted by Crippen LogP contribution is -2.32. The number of pyridine rings is 1. The van der Waals surface area contributed by atoms with Crippen LogP contribution in [0.3, 0.4) is 0 Å². The van der Waals surface area contributed by atoms with E-state index in [9.17, 15) is 17.6 Å². The minimum absolute atomic E-state index is 0.0610. The highest BCUT2D eigenvalue weighted by Crippen LogP contribution is 2.13. The molecule has 100 valence electrons. The van der Waals surface area contributed by atoms with Crippen molar-refractivity contribution < 1.29 is 17.6 Å². The van der Waals surface area contributed by atoms with Crippen molar-refractivity contribution in [3.05, 3.63) is 23.6 Å². The molecule has 0 aliphatic heterocycles. The summed E-state index contributed by atoms with van der Waals surface area (Å²) in [5, 5.41) is 9.51. The van der Waals surface area contributed by atoms with Crippen LogP contribution in [-0.4, -0.2) is 38.7 Å². The first-order valence-electron chi connectivity index (χ1n) is 4.96. The van der Waals surface area contributed by atoms with E-state index >= 15 is 0 Å². The first kappa shape index (κ1) is 14.3. The van der Waals surface area contributed by atoms with E-state index in [1.807, 2.05) is 0 Å². The molecule has 9 heteroatoms. The fourth-order valence-electron chi connectivity index (χ4n) is 1.20. The molecule has 1 aromatic heterocycles. The Morgan fingerprint density at radius 3 is 2.78 bits per heavy atom. The van der Waals surface area contributed by atoms with Gasteiger partial charge in [0.15, 0.2) is 11.6 Å². The number of carbonyl (C=O) groups excluding carboxylic acids is 1. The van der Waals surface area contributed by atoms with Crippen LogP contribution in [0, 0.1) is 5.82 Å². The average molecular weight is 276 g/mol. The van der Waals surface area contributed by atoms with Gasteiger partial charge in [-0.3, -0.25) is 4.79 Å². The minimum Gasteiger partial charge on any atom is -0.371 e. The molecule has 0 bridgehead atoms. The van der Waals surface area contributed by atoms with Gasteiger partial charge in [0.2, 0.25) is 10.0 Å². The van der Waals surface area contributed by atoms with Crippen molar-refractivity contribution in [3.8, 4) is 0 Å². The standard InChI is InChI=1S/C9H13FN4O3S/c1-12-8-7(10)6(2-3-13-8)9(15)14-4-5-18(11,16)17/h2-3H,4-5H2,1H3,(H,12,13)(H,14,15)(H2,11,16,17). The van der Waals surface area contributed by atoms with Crippen LogP contribution in [0.4, 0.5) is 10.2 Å². The summed E-state index contributed by atoms with van der Waals surface area (Å²) in [4.78, 5) is 15.3. The smallest absolute Gasteiger partial charge is 0.254 e. The summed E-state index contributed by atoms with van der Waals surface area (Å²) in [5.74, 6) is -2.00. The Morgan fingerprint density at radius 1 is 1.56 bits per heavy atom.